The summed E-state index contributed by atoms with van der Waals surface area (Å²) in [6.45, 7) is 7.76. The molecule has 0 aromatic rings. The average molecular weight is 378 g/mol. The molecule has 4 fully saturated rings. The number of Topliss-reactive ketones (excluding diaryl/α,β-unsaturated/α-hetero) is 1. The molecule has 27 heavy (non-hydrogen) atoms. The minimum Gasteiger partial charge on any atom is -0.463 e. The van der Waals surface area contributed by atoms with Gasteiger partial charge in [-0.3, -0.25) is 9.59 Å². The van der Waals surface area contributed by atoms with Gasteiger partial charge in [0.05, 0.1) is 0 Å². The van der Waals surface area contributed by atoms with Crippen LogP contribution in [0.3, 0.4) is 0 Å². The summed E-state index contributed by atoms with van der Waals surface area (Å²) >= 11 is 0. The molecule has 4 heteroatoms. The zero-order valence-electron chi connectivity index (χ0n) is 17.4. The van der Waals surface area contributed by atoms with E-state index in [0.29, 0.717) is 35.5 Å². The first kappa shape index (κ1) is 19.4. The number of fused-ring (bicyclic) bond motifs is 5. The van der Waals surface area contributed by atoms with E-state index in [1.807, 2.05) is 0 Å². The second kappa shape index (κ2) is 6.30. The molecule has 0 saturated heterocycles. The van der Waals surface area contributed by atoms with E-state index in [9.17, 15) is 14.7 Å². The first-order valence-electron chi connectivity index (χ1n) is 11.0. The molecule has 0 spiro atoms. The first-order valence-corrected chi connectivity index (χ1v) is 11.0. The summed E-state index contributed by atoms with van der Waals surface area (Å²) in [5, 5.41) is 11.2. The Hall–Kier alpha value is -0.900. The molecular formula is C23H36O4. The van der Waals surface area contributed by atoms with Gasteiger partial charge in [-0.25, -0.2) is 0 Å². The Kier molecular flexibility index (Phi) is 4.53. The van der Waals surface area contributed by atoms with Gasteiger partial charge in [0.25, 0.3) is 0 Å². The number of ether oxygens (including phenoxy) is 1. The Morgan fingerprint density at radius 2 is 1.63 bits per heavy atom. The van der Waals surface area contributed by atoms with Crippen molar-refractivity contribution in [1.82, 2.24) is 0 Å². The second-order valence-corrected chi connectivity index (χ2v) is 10.6. The molecule has 0 heterocycles. The zero-order valence-corrected chi connectivity index (χ0v) is 17.4. The molecule has 0 aliphatic heterocycles. The molecule has 4 rings (SSSR count). The monoisotopic (exact) mass is 377 g/mol. The van der Waals surface area contributed by atoms with Gasteiger partial charge in [0.15, 0.2) is 5.78 Å². The van der Waals surface area contributed by atoms with E-state index in [-0.39, 0.29) is 23.3 Å². The summed E-state index contributed by atoms with van der Waals surface area (Å²) in [7, 11) is 0. The van der Waals surface area contributed by atoms with Crippen molar-refractivity contribution < 1.29 is 19.4 Å². The maximum atomic E-state index is 12.3. The summed E-state index contributed by atoms with van der Waals surface area (Å²) in [5.41, 5.74) is -1.05. The van der Waals surface area contributed by atoms with Crippen LogP contribution >= 0.6 is 0 Å². The molecule has 8 atom stereocenters. The molecule has 4 aliphatic carbocycles. The predicted octanol–water partition coefficient (Wildman–Crippen LogP) is 4.28. The van der Waals surface area contributed by atoms with Gasteiger partial charge in [0.2, 0.25) is 0 Å². The molecule has 152 valence electrons. The maximum absolute atomic E-state index is 12.3. The third kappa shape index (κ3) is 2.65. The highest BCUT2D eigenvalue weighted by atomic mass is 16.5. The largest absolute Gasteiger partial charge is 0.463 e. The topological polar surface area (TPSA) is 63.6 Å². The lowest BCUT2D eigenvalue weighted by Gasteiger charge is -2.61. The number of rotatable bonds is 2. The third-order valence-electron chi connectivity index (χ3n) is 9.68. The summed E-state index contributed by atoms with van der Waals surface area (Å²) in [5.74, 6) is 2.22. The molecule has 0 unspecified atom stereocenters. The average Bonchev–Trinajstić information content (AvgIpc) is 2.87. The standard InChI is InChI=1S/C23H36O4/c1-14(24)23(26)12-9-20-18-6-5-16-13-17(27-15(2)25)7-10-21(16,3)19(18)8-11-22(20,23)4/h16-20,26H,5-13H2,1-4H3/t16-,17-,18-,19+,20+,21+,22+,23+/m1/s1/i14+1. The van der Waals surface area contributed by atoms with E-state index in [1.54, 1.807) is 6.92 Å². The Labute approximate surface area is 163 Å². The number of aliphatic hydroxyl groups is 1. The molecule has 4 nitrogen and oxygen atoms in total. The third-order valence-corrected chi connectivity index (χ3v) is 9.68. The molecule has 4 saturated carbocycles. The van der Waals surface area contributed by atoms with Crippen molar-refractivity contribution in [2.75, 3.05) is 0 Å². The fourth-order valence-corrected chi connectivity index (χ4v) is 8.15. The van der Waals surface area contributed by atoms with Gasteiger partial charge >= 0.3 is 5.97 Å². The molecule has 0 bridgehead atoms. The van der Waals surface area contributed by atoms with Crippen molar-refractivity contribution in [2.45, 2.75) is 97.2 Å². The Morgan fingerprint density at radius 3 is 2.30 bits per heavy atom. The van der Waals surface area contributed by atoms with Crippen LogP contribution in [0, 0.1) is 34.5 Å². The lowest BCUT2D eigenvalue weighted by atomic mass is 9.44. The SMILES string of the molecule is CC(=O)O[C@@H]1CC[C@@]2(C)[C@H](CC[C@@H]3[C@@H]2CC[C@@]2(C)[C@H]3CC[C@]2(O)[13C](C)=O)C1. The highest BCUT2D eigenvalue weighted by Crippen LogP contribution is 2.68. The molecule has 1 N–H and O–H groups in total. The van der Waals surface area contributed by atoms with Crippen molar-refractivity contribution in [1.29, 1.82) is 0 Å². The van der Waals surface area contributed by atoms with E-state index in [1.165, 1.54) is 19.8 Å². The van der Waals surface area contributed by atoms with Crippen LogP contribution in [0.15, 0.2) is 0 Å². The smallest absolute Gasteiger partial charge is 0.302 e. The van der Waals surface area contributed by atoms with Gasteiger partial charge in [-0.1, -0.05) is 13.8 Å². The summed E-state index contributed by atoms with van der Waals surface area (Å²) in [6, 6.07) is 0. The van der Waals surface area contributed by atoms with E-state index < -0.39 is 5.60 Å². The number of hydrogen-bond acceptors (Lipinski definition) is 4. The molecule has 0 amide bonds. The zero-order chi connectivity index (χ0) is 19.6. The number of carbonyl (C=O) groups is 2. The Morgan fingerprint density at radius 1 is 0.926 bits per heavy atom. The van der Waals surface area contributed by atoms with Gasteiger partial charge in [-0.05, 0) is 93.8 Å². The minimum atomic E-state index is -1.12. The van der Waals surface area contributed by atoms with Crippen LogP contribution in [0.5, 0.6) is 0 Å². The van der Waals surface area contributed by atoms with Gasteiger partial charge in [-0.2, -0.15) is 0 Å². The van der Waals surface area contributed by atoms with Crippen molar-refractivity contribution >= 4 is 11.8 Å². The first-order chi connectivity index (χ1) is 12.6. The van der Waals surface area contributed by atoms with Gasteiger partial charge in [0.1, 0.15) is 11.7 Å². The molecule has 0 radical (unpaired) electrons. The van der Waals surface area contributed by atoms with Gasteiger partial charge < -0.3 is 9.84 Å². The number of carbonyl (C=O) groups excluding carboxylic acids is 2. The van der Waals surface area contributed by atoms with Gasteiger partial charge in [-0.15, -0.1) is 0 Å². The molecule has 0 aromatic heterocycles. The van der Waals surface area contributed by atoms with Crippen LogP contribution in [-0.2, 0) is 14.3 Å². The second-order valence-electron chi connectivity index (χ2n) is 10.6. The quantitative estimate of drug-likeness (QED) is 0.576. The molecule has 0 aromatic carbocycles. The van der Waals surface area contributed by atoms with Crippen molar-refractivity contribution in [3.63, 3.8) is 0 Å². The van der Waals surface area contributed by atoms with E-state index in [4.69, 9.17) is 4.74 Å². The maximum Gasteiger partial charge on any atom is 0.302 e. The van der Waals surface area contributed by atoms with E-state index >= 15 is 0 Å². The predicted molar refractivity (Wildman–Crippen MR) is 103 cm³/mol. The summed E-state index contributed by atoms with van der Waals surface area (Å²) in [6.07, 6.45) is 9.34. The Bertz CT molecular complexity index is 644. The van der Waals surface area contributed by atoms with Gasteiger partial charge in [0, 0.05) is 12.3 Å². The Balaban J connectivity index is 1.56. The van der Waals surface area contributed by atoms with Crippen LogP contribution in [-0.4, -0.2) is 28.6 Å². The lowest BCUT2D eigenvalue weighted by molar-refractivity contribution is -0.175. The van der Waals surface area contributed by atoms with Crippen LogP contribution < -0.4 is 0 Å². The normalized spacial score (nSPS) is 51.7. The van der Waals surface area contributed by atoms with Crippen molar-refractivity contribution in [3.8, 4) is 0 Å². The molecular weight excluding hydrogens is 341 g/mol. The van der Waals surface area contributed by atoms with Crippen LogP contribution in [0.1, 0.15) is 85.5 Å². The number of ketones is 1. The number of hydrogen-bond donors (Lipinski definition) is 1. The van der Waals surface area contributed by atoms with Crippen LogP contribution in [0.4, 0.5) is 0 Å². The summed E-state index contributed by atoms with van der Waals surface area (Å²) < 4.78 is 5.55. The highest BCUT2D eigenvalue weighted by molar-refractivity contribution is 5.86. The lowest BCUT2D eigenvalue weighted by Crippen LogP contribution is -2.58. The van der Waals surface area contributed by atoms with Crippen molar-refractivity contribution in [2.24, 2.45) is 34.5 Å². The van der Waals surface area contributed by atoms with E-state index in [0.717, 1.165) is 38.5 Å². The fraction of sp³-hybridized carbons (Fsp3) is 0.913. The van der Waals surface area contributed by atoms with Crippen LogP contribution in [0.2, 0.25) is 0 Å². The summed E-state index contributed by atoms with van der Waals surface area (Å²) in [4.78, 5) is 23.7. The number of esters is 1. The van der Waals surface area contributed by atoms with Crippen LogP contribution in [0.25, 0.3) is 0 Å². The minimum absolute atomic E-state index is 0.0345. The van der Waals surface area contributed by atoms with Crippen molar-refractivity contribution in [3.05, 3.63) is 0 Å². The fourth-order valence-electron chi connectivity index (χ4n) is 8.15. The highest BCUT2D eigenvalue weighted by Gasteiger charge is 2.66. The molecule has 4 aliphatic rings. The van der Waals surface area contributed by atoms with E-state index in [2.05, 4.69) is 13.8 Å².